The molecule has 0 aliphatic carbocycles. The van der Waals surface area contributed by atoms with Gasteiger partial charge in [0.05, 0.1) is 0 Å². The van der Waals surface area contributed by atoms with Crippen molar-refractivity contribution in [2.75, 3.05) is 5.32 Å². The van der Waals surface area contributed by atoms with Crippen LogP contribution in [-0.4, -0.2) is 0 Å². The Kier molecular flexibility index (Phi) is 3.88. The predicted octanol–water partition coefficient (Wildman–Crippen LogP) is 5.53. The van der Waals surface area contributed by atoms with E-state index in [0.717, 1.165) is 22.9 Å². The number of hydrogen-bond donors (Lipinski definition) is 1. The summed E-state index contributed by atoms with van der Waals surface area (Å²) in [6.45, 7) is 2.06. The van der Waals surface area contributed by atoms with Gasteiger partial charge in [-0.15, -0.1) is 0 Å². The summed E-state index contributed by atoms with van der Waals surface area (Å²) >= 11 is 0. The molecule has 0 atom stereocenters. The van der Waals surface area contributed by atoms with Crippen LogP contribution < -0.4 is 10.1 Å². The highest BCUT2D eigenvalue weighted by molar-refractivity contribution is 5.61. The van der Waals surface area contributed by atoms with Crippen molar-refractivity contribution in [1.82, 2.24) is 0 Å². The van der Waals surface area contributed by atoms with Gasteiger partial charge in [0.2, 0.25) is 0 Å². The van der Waals surface area contributed by atoms with Crippen molar-refractivity contribution in [3.8, 4) is 11.5 Å². The van der Waals surface area contributed by atoms with Gasteiger partial charge < -0.3 is 10.1 Å². The van der Waals surface area contributed by atoms with Crippen molar-refractivity contribution in [3.63, 3.8) is 0 Å². The van der Waals surface area contributed by atoms with Crippen LogP contribution >= 0.6 is 0 Å². The third-order valence-corrected chi connectivity index (χ3v) is 3.15. The molecule has 0 amide bonds. The summed E-state index contributed by atoms with van der Waals surface area (Å²) < 4.78 is 5.87. The number of aryl methyl sites for hydroxylation is 1. The quantitative estimate of drug-likeness (QED) is 0.675. The molecule has 0 unspecified atom stereocenters. The average molecular weight is 275 g/mol. The molecule has 0 spiro atoms. The highest BCUT2D eigenvalue weighted by atomic mass is 16.5. The molecule has 0 aliphatic heterocycles. The number of anilines is 2. The van der Waals surface area contributed by atoms with Crippen LogP contribution in [0.25, 0.3) is 0 Å². The molecule has 21 heavy (non-hydrogen) atoms. The lowest BCUT2D eigenvalue weighted by Crippen LogP contribution is -1.90. The molecule has 104 valence electrons. The molecule has 0 aromatic heterocycles. The second-order valence-electron chi connectivity index (χ2n) is 4.93. The highest BCUT2D eigenvalue weighted by Crippen LogP contribution is 2.26. The third kappa shape index (κ3) is 3.63. The molecule has 2 nitrogen and oxygen atoms in total. The van der Waals surface area contributed by atoms with Gasteiger partial charge in [0.15, 0.2) is 0 Å². The molecule has 3 rings (SSSR count). The Hall–Kier alpha value is -2.74. The highest BCUT2D eigenvalue weighted by Gasteiger charge is 1.99. The van der Waals surface area contributed by atoms with Crippen LogP contribution in [0.5, 0.6) is 11.5 Å². The lowest BCUT2D eigenvalue weighted by Gasteiger charge is -2.10. The Morgan fingerprint density at radius 3 is 2.14 bits per heavy atom. The summed E-state index contributed by atoms with van der Waals surface area (Å²) in [7, 11) is 0. The molecule has 0 radical (unpaired) electrons. The van der Waals surface area contributed by atoms with Gasteiger partial charge in [0.25, 0.3) is 0 Å². The van der Waals surface area contributed by atoms with E-state index in [4.69, 9.17) is 4.74 Å². The number of para-hydroxylation sites is 1. The van der Waals surface area contributed by atoms with E-state index in [1.54, 1.807) is 0 Å². The fourth-order valence-corrected chi connectivity index (χ4v) is 2.07. The molecule has 0 bridgehead atoms. The second kappa shape index (κ2) is 6.14. The first-order chi connectivity index (χ1) is 10.3. The van der Waals surface area contributed by atoms with Gasteiger partial charge in [-0.3, -0.25) is 0 Å². The largest absolute Gasteiger partial charge is 0.457 e. The Bertz CT molecular complexity index is 705. The SMILES string of the molecule is Cc1ccc(Oc2cccc(Nc3ccccc3)c2)cc1. The van der Waals surface area contributed by atoms with Gasteiger partial charge in [-0.25, -0.2) is 0 Å². The Morgan fingerprint density at radius 1 is 0.667 bits per heavy atom. The van der Waals surface area contributed by atoms with E-state index in [-0.39, 0.29) is 0 Å². The van der Waals surface area contributed by atoms with Gasteiger partial charge in [0, 0.05) is 17.4 Å². The minimum absolute atomic E-state index is 0.819. The molecule has 0 saturated heterocycles. The predicted molar refractivity (Wildman–Crippen MR) is 87.4 cm³/mol. The monoisotopic (exact) mass is 275 g/mol. The zero-order valence-electron chi connectivity index (χ0n) is 11.9. The zero-order valence-corrected chi connectivity index (χ0v) is 11.9. The molecule has 0 heterocycles. The van der Waals surface area contributed by atoms with E-state index in [1.165, 1.54) is 5.56 Å². The smallest absolute Gasteiger partial charge is 0.129 e. The maximum Gasteiger partial charge on any atom is 0.129 e. The summed E-state index contributed by atoms with van der Waals surface area (Å²) in [5, 5.41) is 3.36. The number of benzene rings is 3. The molecule has 0 fully saturated rings. The maximum absolute atomic E-state index is 5.87. The lowest BCUT2D eigenvalue weighted by molar-refractivity contribution is 0.483. The zero-order chi connectivity index (χ0) is 14.5. The van der Waals surface area contributed by atoms with Crippen molar-refractivity contribution in [1.29, 1.82) is 0 Å². The van der Waals surface area contributed by atoms with Crippen molar-refractivity contribution in [3.05, 3.63) is 84.4 Å². The van der Waals surface area contributed by atoms with Crippen LogP contribution in [0.1, 0.15) is 5.56 Å². The summed E-state index contributed by atoms with van der Waals surface area (Å²) in [5.41, 5.74) is 3.29. The summed E-state index contributed by atoms with van der Waals surface area (Å²) in [4.78, 5) is 0. The molecule has 3 aromatic rings. The van der Waals surface area contributed by atoms with Crippen LogP contribution in [0.15, 0.2) is 78.9 Å². The van der Waals surface area contributed by atoms with Crippen molar-refractivity contribution < 1.29 is 4.74 Å². The Balaban J connectivity index is 1.75. The Labute approximate surface area is 125 Å². The average Bonchev–Trinajstić information content (AvgIpc) is 2.51. The van der Waals surface area contributed by atoms with E-state index < -0.39 is 0 Å². The van der Waals surface area contributed by atoms with Crippen LogP contribution in [0.3, 0.4) is 0 Å². The molecule has 0 saturated carbocycles. The van der Waals surface area contributed by atoms with Crippen LogP contribution in [0, 0.1) is 6.92 Å². The van der Waals surface area contributed by atoms with Gasteiger partial charge in [-0.1, -0.05) is 42.0 Å². The number of rotatable bonds is 4. The van der Waals surface area contributed by atoms with E-state index in [0.29, 0.717) is 0 Å². The molecule has 3 aromatic carbocycles. The fourth-order valence-electron chi connectivity index (χ4n) is 2.07. The molecular formula is C19H17NO. The summed E-state index contributed by atoms with van der Waals surface area (Å²) in [6.07, 6.45) is 0. The molecular weight excluding hydrogens is 258 g/mol. The van der Waals surface area contributed by atoms with Crippen molar-refractivity contribution in [2.45, 2.75) is 6.92 Å². The molecule has 1 N–H and O–H groups in total. The van der Waals surface area contributed by atoms with E-state index in [9.17, 15) is 0 Å². The number of hydrogen-bond acceptors (Lipinski definition) is 2. The van der Waals surface area contributed by atoms with E-state index in [1.807, 2.05) is 78.9 Å². The number of nitrogens with one attached hydrogen (secondary N) is 1. The van der Waals surface area contributed by atoms with Crippen LogP contribution in [0.2, 0.25) is 0 Å². The van der Waals surface area contributed by atoms with Gasteiger partial charge >= 0.3 is 0 Å². The topological polar surface area (TPSA) is 21.3 Å². The van der Waals surface area contributed by atoms with Crippen molar-refractivity contribution >= 4 is 11.4 Å². The van der Waals surface area contributed by atoms with Crippen LogP contribution in [-0.2, 0) is 0 Å². The molecule has 0 aliphatic rings. The summed E-state index contributed by atoms with van der Waals surface area (Å²) in [6, 6.07) is 26.1. The Morgan fingerprint density at radius 2 is 1.38 bits per heavy atom. The van der Waals surface area contributed by atoms with Crippen molar-refractivity contribution in [2.24, 2.45) is 0 Å². The standard InChI is InChI=1S/C19H17NO/c1-15-10-12-18(13-11-15)21-19-9-5-8-17(14-19)20-16-6-3-2-4-7-16/h2-14,20H,1H3. The first kappa shape index (κ1) is 13.3. The summed E-state index contributed by atoms with van der Waals surface area (Å²) in [5.74, 6) is 1.66. The van der Waals surface area contributed by atoms with Crippen LogP contribution in [0.4, 0.5) is 11.4 Å². The fraction of sp³-hybridized carbons (Fsp3) is 0.0526. The van der Waals surface area contributed by atoms with Gasteiger partial charge in [-0.2, -0.15) is 0 Å². The van der Waals surface area contributed by atoms with Gasteiger partial charge in [0.1, 0.15) is 11.5 Å². The maximum atomic E-state index is 5.87. The molecule has 2 heteroatoms. The first-order valence-corrected chi connectivity index (χ1v) is 6.96. The lowest BCUT2D eigenvalue weighted by atomic mass is 10.2. The first-order valence-electron chi connectivity index (χ1n) is 6.96. The minimum atomic E-state index is 0.819. The van der Waals surface area contributed by atoms with Gasteiger partial charge in [-0.05, 0) is 43.3 Å². The number of ether oxygens (including phenoxy) is 1. The third-order valence-electron chi connectivity index (χ3n) is 3.15. The van der Waals surface area contributed by atoms with E-state index in [2.05, 4.69) is 12.2 Å². The second-order valence-corrected chi connectivity index (χ2v) is 4.93. The van der Waals surface area contributed by atoms with E-state index >= 15 is 0 Å². The normalized spacial score (nSPS) is 10.1. The minimum Gasteiger partial charge on any atom is -0.457 e.